The van der Waals surface area contributed by atoms with Gasteiger partial charge >= 0.3 is 0 Å². The molecule has 0 aliphatic carbocycles. The molecule has 0 fully saturated rings. The highest BCUT2D eigenvalue weighted by Crippen LogP contribution is 2.27. The summed E-state index contributed by atoms with van der Waals surface area (Å²) < 4.78 is 0. The zero-order valence-corrected chi connectivity index (χ0v) is 13.3. The predicted molar refractivity (Wildman–Crippen MR) is 86.0 cm³/mol. The molecule has 0 aliphatic rings. The SMILES string of the molecule is CCCNCC(CC(C)CCC)c1cccc(Cl)c1. The minimum Gasteiger partial charge on any atom is -0.316 e. The maximum absolute atomic E-state index is 6.13. The lowest BCUT2D eigenvalue weighted by atomic mass is 9.87. The summed E-state index contributed by atoms with van der Waals surface area (Å²) in [6, 6.07) is 8.35. The molecule has 0 aromatic heterocycles. The standard InChI is InChI=1S/C17H28ClN/c1-4-7-14(3)11-16(13-19-10-5-2)15-8-6-9-17(18)12-15/h6,8-9,12,14,16,19H,4-5,7,10-11,13H2,1-3H3. The van der Waals surface area contributed by atoms with Crippen molar-refractivity contribution in [2.24, 2.45) is 5.92 Å². The van der Waals surface area contributed by atoms with Gasteiger partial charge in [-0.1, -0.05) is 57.3 Å². The Morgan fingerprint density at radius 1 is 1.21 bits per heavy atom. The summed E-state index contributed by atoms with van der Waals surface area (Å²) in [5.74, 6) is 1.35. The molecule has 1 nitrogen and oxygen atoms in total. The molecular formula is C17H28ClN. The van der Waals surface area contributed by atoms with Crippen molar-refractivity contribution < 1.29 is 0 Å². The Kier molecular flexibility index (Phi) is 8.16. The van der Waals surface area contributed by atoms with Crippen molar-refractivity contribution in [3.63, 3.8) is 0 Å². The van der Waals surface area contributed by atoms with E-state index in [1.165, 1.54) is 31.2 Å². The predicted octanol–water partition coefficient (Wildman–Crippen LogP) is 5.25. The van der Waals surface area contributed by atoms with Crippen LogP contribution in [-0.2, 0) is 0 Å². The van der Waals surface area contributed by atoms with Crippen molar-refractivity contribution in [3.8, 4) is 0 Å². The molecule has 0 saturated heterocycles. The van der Waals surface area contributed by atoms with Crippen molar-refractivity contribution in [1.29, 1.82) is 0 Å². The van der Waals surface area contributed by atoms with Crippen molar-refractivity contribution in [1.82, 2.24) is 5.32 Å². The van der Waals surface area contributed by atoms with Crippen molar-refractivity contribution in [3.05, 3.63) is 34.9 Å². The molecule has 2 unspecified atom stereocenters. The summed E-state index contributed by atoms with van der Waals surface area (Å²) in [7, 11) is 0. The highest BCUT2D eigenvalue weighted by atomic mass is 35.5. The lowest BCUT2D eigenvalue weighted by Gasteiger charge is -2.22. The van der Waals surface area contributed by atoms with Crippen LogP contribution in [0.4, 0.5) is 0 Å². The first-order valence-electron chi connectivity index (χ1n) is 7.63. The third-order valence-electron chi connectivity index (χ3n) is 3.61. The number of nitrogens with one attached hydrogen (secondary N) is 1. The second-order valence-corrected chi connectivity index (χ2v) is 6.02. The van der Waals surface area contributed by atoms with Gasteiger partial charge in [0.25, 0.3) is 0 Å². The fourth-order valence-electron chi connectivity index (χ4n) is 2.65. The molecule has 0 saturated carbocycles. The van der Waals surface area contributed by atoms with E-state index >= 15 is 0 Å². The Morgan fingerprint density at radius 2 is 2.00 bits per heavy atom. The zero-order chi connectivity index (χ0) is 14.1. The molecule has 1 rings (SSSR count). The lowest BCUT2D eigenvalue weighted by Crippen LogP contribution is -2.23. The molecule has 0 spiro atoms. The monoisotopic (exact) mass is 281 g/mol. The average molecular weight is 282 g/mol. The first kappa shape index (κ1) is 16.5. The van der Waals surface area contributed by atoms with Crippen molar-refractivity contribution in [2.75, 3.05) is 13.1 Å². The second kappa shape index (κ2) is 9.39. The van der Waals surface area contributed by atoms with Gasteiger partial charge in [-0.05, 0) is 48.9 Å². The topological polar surface area (TPSA) is 12.0 Å². The molecule has 0 bridgehead atoms. The first-order valence-corrected chi connectivity index (χ1v) is 8.01. The van der Waals surface area contributed by atoms with Crippen LogP contribution in [0, 0.1) is 5.92 Å². The summed E-state index contributed by atoms with van der Waals surface area (Å²) >= 11 is 6.13. The maximum atomic E-state index is 6.13. The van der Waals surface area contributed by atoms with Gasteiger partial charge in [-0.3, -0.25) is 0 Å². The summed E-state index contributed by atoms with van der Waals surface area (Å²) in [4.78, 5) is 0. The van der Waals surface area contributed by atoms with Crippen molar-refractivity contribution in [2.45, 2.75) is 52.4 Å². The first-order chi connectivity index (χ1) is 9.17. The van der Waals surface area contributed by atoms with Gasteiger partial charge in [0.15, 0.2) is 0 Å². The Morgan fingerprint density at radius 3 is 2.63 bits per heavy atom. The van der Waals surface area contributed by atoms with Gasteiger partial charge in [-0.25, -0.2) is 0 Å². The number of hydrogen-bond donors (Lipinski definition) is 1. The van der Waals surface area contributed by atoms with Crippen LogP contribution in [-0.4, -0.2) is 13.1 Å². The molecule has 19 heavy (non-hydrogen) atoms. The molecule has 2 heteroatoms. The fraction of sp³-hybridized carbons (Fsp3) is 0.647. The summed E-state index contributed by atoms with van der Waals surface area (Å²) in [6.07, 6.45) is 5.01. The number of benzene rings is 1. The quantitative estimate of drug-likeness (QED) is 0.610. The molecule has 1 N–H and O–H groups in total. The second-order valence-electron chi connectivity index (χ2n) is 5.59. The van der Waals surface area contributed by atoms with Gasteiger partial charge in [-0.2, -0.15) is 0 Å². The summed E-state index contributed by atoms with van der Waals surface area (Å²) in [6.45, 7) is 8.99. The van der Waals surface area contributed by atoms with Gasteiger partial charge in [0.05, 0.1) is 0 Å². The number of rotatable bonds is 9. The van der Waals surface area contributed by atoms with E-state index in [0.29, 0.717) is 5.92 Å². The van der Waals surface area contributed by atoms with E-state index in [1.807, 2.05) is 6.07 Å². The highest BCUT2D eigenvalue weighted by molar-refractivity contribution is 6.30. The number of hydrogen-bond acceptors (Lipinski definition) is 1. The smallest absolute Gasteiger partial charge is 0.0408 e. The van der Waals surface area contributed by atoms with E-state index < -0.39 is 0 Å². The molecule has 0 aliphatic heterocycles. The third-order valence-corrected chi connectivity index (χ3v) is 3.84. The van der Waals surface area contributed by atoms with Crippen LogP contribution < -0.4 is 5.32 Å². The largest absolute Gasteiger partial charge is 0.316 e. The van der Waals surface area contributed by atoms with Crippen LogP contribution >= 0.6 is 11.6 Å². The molecule has 0 radical (unpaired) electrons. The Balaban J connectivity index is 2.67. The molecule has 0 amide bonds. The summed E-state index contributed by atoms with van der Waals surface area (Å²) in [5, 5.41) is 4.41. The van der Waals surface area contributed by atoms with Gasteiger partial charge in [0.2, 0.25) is 0 Å². The minimum atomic E-state index is 0.576. The third kappa shape index (κ3) is 6.44. The van der Waals surface area contributed by atoms with E-state index in [0.717, 1.165) is 24.0 Å². The van der Waals surface area contributed by atoms with Crippen LogP contribution in [0.25, 0.3) is 0 Å². The van der Waals surface area contributed by atoms with Gasteiger partial charge in [0, 0.05) is 11.6 Å². The van der Waals surface area contributed by atoms with Crippen LogP contribution in [0.5, 0.6) is 0 Å². The minimum absolute atomic E-state index is 0.576. The molecule has 0 heterocycles. The van der Waals surface area contributed by atoms with E-state index in [2.05, 4.69) is 44.3 Å². The van der Waals surface area contributed by atoms with Crippen LogP contribution in [0.1, 0.15) is 57.9 Å². The average Bonchev–Trinajstić information content (AvgIpc) is 2.38. The van der Waals surface area contributed by atoms with Crippen LogP contribution in [0.3, 0.4) is 0 Å². The molecule has 1 aromatic carbocycles. The van der Waals surface area contributed by atoms with E-state index in [-0.39, 0.29) is 0 Å². The highest BCUT2D eigenvalue weighted by Gasteiger charge is 2.15. The molecular weight excluding hydrogens is 254 g/mol. The number of halogens is 1. The Bertz CT molecular complexity index is 351. The van der Waals surface area contributed by atoms with Crippen LogP contribution in [0.2, 0.25) is 5.02 Å². The normalized spacial score (nSPS) is 14.3. The summed E-state index contributed by atoms with van der Waals surface area (Å²) in [5.41, 5.74) is 1.37. The van der Waals surface area contributed by atoms with E-state index in [1.54, 1.807) is 0 Å². The van der Waals surface area contributed by atoms with Gasteiger partial charge in [-0.15, -0.1) is 0 Å². The van der Waals surface area contributed by atoms with Gasteiger partial charge < -0.3 is 5.32 Å². The lowest BCUT2D eigenvalue weighted by molar-refractivity contribution is 0.420. The van der Waals surface area contributed by atoms with Crippen LogP contribution in [0.15, 0.2) is 24.3 Å². The Hall–Kier alpha value is -0.530. The zero-order valence-electron chi connectivity index (χ0n) is 12.6. The van der Waals surface area contributed by atoms with E-state index in [9.17, 15) is 0 Å². The van der Waals surface area contributed by atoms with E-state index in [4.69, 9.17) is 11.6 Å². The van der Waals surface area contributed by atoms with Crippen molar-refractivity contribution >= 4 is 11.6 Å². The maximum Gasteiger partial charge on any atom is 0.0408 e. The Labute approximate surface area is 123 Å². The molecule has 2 atom stereocenters. The fourth-order valence-corrected chi connectivity index (χ4v) is 2.85. The molecule has 1 aromatic rings. The molecule has 108 valence electrons. The van der Waals surface area contributed by atoms with Gasteiger partial charge in [0.1, 0.15) is 0 Å².